The van der Waals surface area contributed by atoms with Crippen molar-refractivity contribution >= 4 is 15.8 Å². The topological polar surface area (TPSA) is 88.9 Å². The molecule has 8 heteroatoms. The number of nitrogens with one attached hydrogen (secondary N) is 2. The maximum atomic E-state index is 12.3. The van der Waals surface area contributed by atoms with Gasteiger partial charge in [-0.3, -0.25) is 4.68 Å². The molecule has 0 aliphatic heterocycles. The number of hydrogen-bond donors (Lipinski definition) is 2. The van der Waals surface area contributed by atoms with Crippen LogP contribution in [0.4, 0.5) is 5.82 Å². The fourth-order valence-corrected chi connectivity index (χ4v) is 2.85. The fourth-order valence-electron chi connectivity index (χ4n) is 1.83. The molecule has 7 nitrogen and oxygen atoms in total. The van der Waals surface area contributed by atoms with Crippen LogP contribution in [0.15, 0.2) is 29.4 Å². The summed E-state index contributed by atoms with van der Waals surface area (Å²) >= 11 is 0. The molecule has 0 aromatic carbocycles. The van der Waals surface area contributed by atoms with Crippen molar-refractivity contribution in [3.05, 3.63) is 35.8 Å². The van der Waals surface area contributed by atoms with Crippen molar-refractivity contribution in [3.8, 4) is 0 Å². The van der Waals surface area contributed by atoms with Crippen LogP contribution in [0.3, 0.4) is 0 Å². The molecule has 0 saturated heterocycles. The molecule has 0 aliphatic rings. The number of rotatable bonds is 6. The SMILES string of the molecule is CCNc1cc(S(=O)(=O)NCc2cnn(C)c2C)ccn1. The quantitative estimate of drug-likeness (QED) is 0.832. The number of aryl methyl sites for hydroxylation is 1. The van der Waals surface area contributed by atoms with E-state index in [9.17, 15) is 8.42 Å². The molecular weight excluding hydrogens is 290 g/mol. The largest absolute Gasteiger partial charge is 0.370 e. The average Bonchev–Trinajstić information content (AvgIpc) is 2.77. The molecule has 0 aliphatic carbocycles. The van der Waals surface area contributed by atoms with Gasteiger partial charge in [0, 0.05) is 43.7 Å². The van der Waals surface area contributed by atoms with Crippen LogP contribution in [-0.4, -0.2) is 29.7 Å². The zero-order valence-electron chi connectivity index (χ0n) is 12.3. The number of nitrogens with zero attached hydrogens (tertiary/aromatic N) is 3. The smallest absolute Gasteiger partial charge is 0.241 e. The molecule has 0 radical (unpaired) electrons. The molecule has 2 N–H and O–H groups in total. The Labute approximate surface area is 124 Å². The predicted octanol–water partition coefficient (Wildman–Crippen LogP) is 1.03. The van der Waals surface area contributed by atoms with Crippen molar-refractivity contribution in [2.24, 2.45) is 7.05 Å². The van der Waals surface area contributed by atoms with E-state index in [2.05, 4.69) is 20.1 Å². The Kier molecular flexibility index (Phi) is 4.59. The highest BCUT2D eigenvalue weighted by atomic mass is 32.2. The van der Waals surface area contributed by atoms with Gasteiger partial charge < -0.3 is 5.32 Å². The Morgan fingerprint density at radius 3 is 2.76 bits per heavy atom. The molecule has 0 unspecified atom stereocenters. The first-order chi connectivity index (χ1) is 9.94. The first-order valence-corrected chi connectivity index (χ1v) is 8.09. The highest BCUT2D eigenvalue weighted by Gasteiger charge is 2.15. The highest BCUT2D eigenvalue weighted by molar-refractivity contribution is 7.89. The summed E-state index contributed by atoms with van der Waals surface area (Å²) in [7, 11) is -1.76. The van der Waals surface area contributed by atoms with Gasteiger partial charge in [0.05, 0.1) is 11.1 Å². The molecule has 0 atom stereocenters. The summed E-state index contributed by atoms with van der Waals surface area (Å²) in [6.45, 7) is 4.71. The third-order valence-electron chi connectivity index (χ3n) is 3.19. The lowest BCUT2D eigenvalue weighted by Gasteiger charge is -2.08. The lowest BCUT2D eigenvalue weighted by atomic mass is 10.3. The molecule has 2 heterocycles. The summed E-state index contributed by atoms with van der Waals surface area (Å²) in [6.07, 6.45) is 3.14. The van der Waals surface area contributed by atoms with E-state index in [0.717, 1.165) is 11.3 Å². The van der Waals surface area contributed by atoms with Gasteiger partial charge in [-0.25, -0.2) is 18.1 Å². The van der Waals surface area contributed by atoms with Gasteiger partial charge in [0.25, 0.3) is 0 Å². The van der Waals surface area contributed by atoms with Gasteiger partial charge in [-0.05, 0) is 19.9 Å². The lowest BCUT2D eigenvalue weighted by Crippen LogP contribution is -2.23. The second-order valence-electron chi connectivity index (χ2n) is 4.61. The molecule has 2 aromatic heterocycles. The van der Waals surface area contributed by atoms with E-state index in [-0.39, 0.29) is 11.4 Å². The summed E-state index contributed by atoms with van der Waals surface area (Å²) in [5, 5.41) is 7.08. The molecule has 0 fully saturated rings. The van der Waals surface area contributed by atoms with Gasteiger partial charge in [-0.2, -0.15) is 5.10 Å². The predicted molar refractivity (Wildman–Crippen MR) is 80.4 cm³/mol. The number of pyridine rings is 1. The van der Waals surface area contributed by atoms with Crippen LogP contribution in [0, 0.1) is 6.92 Å². The van der Waals surface area contributed by atoms with Crippen LogP contribution >= 0.6 is 0 Å². The molecule has 21 heavy (non-hydrogen) atoms. The molecule has 0 bridgehead atoms. The first kappa shape index (κ1) is 15.5. The lowest BCUT2D eigenvalue weighted by molar-refractivity contribution is 0.581. The van der Waals surface area contributed by atoms with E-state index in [4.69, 9.17) is 0 Å². The minimum atomic E-state index is -3.57. The number of aromatic nitrogens is 3. The van der Waals surface area contributed by atoms with Crippen molar-refractivity contribution in [3.63, 3.8) is 0 Å². The normalized spacial score (nSPS) is 11.6. The van der Waals surface area contributed by atoms with Crippen molar-refractivity contribution < 1.29 is 8.42 Å². The molecule has 2 aromatic rings. The second-order valence-corrected chi connectivity index (χ2v) is 6.38. The number of hydrogen-bond acceptors (Lipinski definition) is 5. The fraction of sp³-hybridized carbons (Fsp3) is 0.385. The van der Waals surface area contributed by atoms with Crippen molar-refractivity contribution in [2.45, 2.75) is 25.3 Å². The molecule has 0 spiro atoms. The highest BCUT2D eigenvalue weighted by Crippen LogP contribution is 2.13. The van der Waals surface area contributed by atoms with E-state index < -0.39 is 10.0 Å². The van der Waals surface area contributed by atoms with Crippen LogP contribution in [0.1, 0.15) is 18.2 Å². The van der Waals surface area contributed by atoms with Crippen LogP contribution in [0.25, 0.3) is 0 Å². The van der Waals surface area contributed by atoms with Gasteiger partial charge in [0.15, 0.2) is 0 Å². The minimum absolute atomic E-state index is 0.190. The van der Waals surface area contributed by atoms with E-state index in [0.29, 0.717) is 12.4 Å². The van der Waals surface area contributed by atoms with E-state index in [1.54, 1.807) is 10.9 Å². The van der Waals surface area contributed by atoms with Gasteiger partial charge in [-0.1, -0.05) is 0 Å². The zero-order valence-corrected chi connectivity index (χ0v) is 13.1. The minimum Gasteiger partial charge on any atom is -0.370 e. The zero-order chi connectivity index (χ0) is 15.5. The van der Waals surface area contributed by atoms with Crippen LogP contribution in [-0.2, 0) is 23.6 Å². The molecular formula is C13H19N5O2S. The van der Waals surface area contributed by atoms with Crippen LogP contribution < -0.4 is 10.0 Å². The van der Waals surface area contributed by atoms with E-state index in [1.165, 1.54) is 18.3 Å². The average molecular weight is 309 g/mol. The Morgan fingerprint density at radius 1 is 1.38 bits per heavy atom. The van der Waals surface area contributed by atoms with Gasteiger partial charge in [-0.15, -0.1) is 0 Å². The standard InChI is InChI=1S/C13H19N5O2S/c1-4-14-13-7-12(5-6-15-13)21(19,20)17-9-11-8-16-18(3)10(11)2/h5-8,17H,4,9H2,1-3H3,(H,14,15). The molecule has 0 saturated carbocycles. The summed E-state index contributed by atoms with van der Waals surface area (Å²) in [5.74, 6) is 0.540. The monoisotopic (exact) mass is 309 g/mol. The van der Waals surface area contributed by atoms with Crippen LogP contribution in [0.2, 0.25) is 0 Å². The molecule has 114 valence electrons. The molecule has 2 rings (SSSR count). The van der Waals surface area contributed by atoms with Gasteiger partial charge >= 0.3 is 0 Å². The second kappa shape index (κ2) is 6.23. The number of anilines is 1. The van der Waals surface area contributed by atoms with Gasteiger partial charge in [0.1, 0.15) is 5.82 Å². The van der Waals surface area contributed by atoms with E-state index in [1.807, 2.05) is 20.9 Å². The summed E-state index contributed by atoms with van der Waals surface area (Å²) in [4.78, 5) is 4.25. The maximum absolute atomic E-state index is 12.3. The van der Waals surface area contributed by atoms with Crippen molar-refractivity contribution in [1.82, 2.24) is 19.5 Å². The van der Waals surface area contributed by atoms with Crippen molar-refractivity contribution in [2.75, 3.05) is 11.9 Å². The summed E-state index contributed by atoms with van der Waals surface area (Å²) < 4.78 is 28.9. The number of sulfonamides is 1. The maximum Gasteiger partial charge on any atom is 0.241 e. The third kappa shape index (κ3) is 3.59. The Morgan fingerprint density at radius 2 is 2.14 bits per heavy atom. The summed E-state index contributed by atoms with van der Waals surface area (Å²) in [6, 6.07) is 2.99. The third-order valence-corrected chi connectivity index (χ3v) is 4.59. The molecule has 0 amide bonds. The van der Waals surface area contributed by atoms with Gasteiger partial charge in [0.2, 0.25) is 10.0 Å². The van der Waals surface area contributed by atoms with Crippen LogP contribution in [0.5, 0.6) is 0 Å². The van der Waals surface area contributed by atoms with E-state index >= 15 is 0 Å². The Hall–Kier alpha value is -1.93. The Bertz CT molecular complexity index is 724. The first-order valence-electron chi connectivity index (χ1n) is 6.61. The summed E-state index contributed by atoms with van der Waals surface area (Å²) in [5.41, 5.74) is 1.78. The van der Waals surface area contributed by atoms with Crippen molar-refractivity contribution in [1.29, 1.82) is 0 Å². The Balaban J connectivity index is 2.15.